The lowest BCUT2D eigenvalue weighted by Crippen LogP contribution is -2.08. The first-order valence-electron chi connectivity index (χ1n) is 5.39. The second-order valence-corrected chi connectivity index (χ2v) is 4.85. The normalized spacial score (nSPS) is 11.5. The molecule has 88 valence electrons. The zero-order valence-corrected chi connectivity index (χ0v) is 10.5. The van der Waals surface area contributed by atoms with Crippen LogP contribution in [0, 0.1) is 13.8 Å². The fourth-order valence-electron chi connectivity index (χ4n) is 2.02. The van der Waals surface area contributed by atoms with E-state index in [2.05, 4.69) is 10.1 Å². The summed E-state index contributed by atoms with van der Waals surface area (Å²) >= 11 is 1.60. The summed E-state index contributed by atoms with van der Waals surface area (Å²) in [7, 11) is 0. The van der Waals surface area contributed by atoms with Crippen LogP contribution in [0.5, 0.6) is 0 Å². The van der Waals surface area contributed by atoms with Crippen LogP contribution < -0.4 is 5.73 Å². The van der Waals surface area contributed by atoms with Crippen LogP contribution >= 0.6 is 11.3 Å². The molecule has 17 heavy (non-hydrogen) atoms. The van der Waals surface area contributed by atoms with Gasteiger partial charge in [-0.25, -0.2) is 4.68 Å². The summed E-state index contributed by atoms with van der Waals surface area (Å²) < 4.78 is 3.88. The number of hydrogen-bond donors (Lipinski definition) is 1. The molecule has 0 bridgehead atoms. The fraction of sp³-hybridized carbons (Fsp3) is 0.273. The molecule has 0 aliphatic heterocycles. The lowest BCUT2D eigenvalue weighted by atomic mass is 10.4. The van der Waals surface area contributed by atoms with E-state index in [9.17, 15) is 0 Å². The van der Waals surface area contributed by atoms with Crippen molar-refractivity contribution in [3.8, 4) is 5.82 Å². The number of hydrogen-bond acceptors (Lipinski definition) is 4. The molecule has 0 spiro atoms. The molecule has 0 aliphatic carbocycles. The Morgan fingerprint density at radius 3 is 2.88 bits per heavy atom. The highest BCUT2D eigenvalue weighted by Crippen LogP contribution is 2.21. The molecule has 0 fully saturated rings. The third-order valence-corrected chi connectivity index (χ3v) is 3.50. The molecule has 0 radical (unpaired) electrons. The Bertz CT molecular complexity index is 675. The Kier molecular flexibility index (Phi) is 2.27. The molecule has 0 aromatic carbocycles. The minimum Gasteiger partial charge on any atom is -0.325 e. The van der Waals surface area contributed by atoms with Gasteiger partial charge in [0.05, 0.1) is 11.4 Å². The summed E-state index contributed by atoms with van der Waals surface area (Å²) in [5.41, 5.74) is 8.87. The van der Waals surface area contributed by atoms with Gasteiger partial charge in [-0.3, -0.25) is 4.40 Å². The van der Waals surface area contributed by atoms with E-state index in [1.807, 2.05) is 40.6 Å². The molecule has 0 saturated carbocycles. The van der Waals surface area contributed by atoms with E-state index in [-0.39, 0.29) is 0 Å². The molecule has 0 amide bonds. The van der Waals surface area contributed by atoms with Crippen LogP contribution in [0.1, 0.15) is 17.1 Å². The smallest absolute Gasteiger partial charge is 0.196 e. The predicted molar refractivity (Wildman–Crippen MR) is 67.6 cm³/mol. The van der Waals surface area contributed by atoms with Crippen LogP contribution in [-0.4, -0.2) is 19.2 Å². The average Bonchev–Trinajstić information content (AvgIpc) is 2.91. The molecule has 5 nitrogen and oxygen atoms in total. The van der Waals surface area contributed by atoms with Gasteiger partial charge in [0.25, 0.3) is 0 Å². The Balaban J connectivity index is 2.29. The number of rotatable bonds is 2. The number of thiazole rings is 1. The molecule has 0 aliphatic rings. The van der Waals surface area contributed by atoms with Crippen molar-refractivity contribution >= 4 is 16.3 Å². The highest BCUT2D eigenvalue weighted by molar-refractivity contribution is 7.15. The summed E-state index contributed by atoms with van der Waals surface area (Å²) in [6, 6.07) is 2.04. The molecule has 0 atom stereocenters. The van der Waals surface area contributed by atoms with Crippen LogP contribution in [0.15, 0.2) is 17.6 Å². The van der Waals surface area contributed by atoms with Crippen molar-refractivity contribution in [1.82, 2.24) is 19.2 Å². The van der Waals surface area contributed by atoms with Gasteiger partial charge in [-0.1, -0.05) is 0 Å². The maximum atomic E-state index is 5.82. The third-order valence-electron chi connectivity index (χ3n) is 2.74. The fourth-order valence-corrected chi connectivity index (χ4v) is 2.75. The van der Waals surface area contributed by atoms with E-state index in [0.29, 0.717) is 6.54 Å². The first-order chi connectivity index (χ1) is 8.20. The molecule has 0 unspecified atom stereocenters. The van der Waals surface area contributed by atoms with Gasteiger partial charge in [0, 0.05) is 23.8 Å². The molecule has 3 aromatic rings. The lowest BCUT2D eigenvalue weighted by molar-refractivity contribution is 0.791. The van der Waals surface area contributed by atoms with Crippen molar-refractivity contribution in [3.63, 3.8) is 0 Å². The van der Waals surface area contributed by atoms with Gasteiger partial charge in [-0.2, -0.15) is 10.1 Å². The zero-order valence-electron chi connectivity index (χ0n) is 9.71. The lowest BCUT2D eigenvalue weighted by Gasteiger charge is -2.03. The van der Waals surface area contributed by atoms with E-state index in [1.165, 1.54) is 0 Å². The largest absolute Gasteiger partial charge is 0.325 e. The first-order valence-corrected chi connectivity index (χ1v) is 6.27. The maximum absolute atomic E-state index is 5.82. The second-order valence-electron chi connectivity index (χ2n) is 3.98. The molecule has 0 saturated heterocycles. The molecule has 3 rings (SSSR count). The number of nitrogens with zero attached hydrogens (tertiary/aromatic N) is 4. The Labute approximate surface area is 103 Å². The van der Waals surface area contributed by atoms with Crippen LogP contribution in [-0.2, 0) is 6.54 Å². The van der Waals surface area contributed by atoms with E-state index < -0.39 is 0 Å². The van der Waals surface area contributed by atoms with Crippen molar-refractivity contribution in [2.24, 2.45) is 5.73 Å². The molecular formula is C11H13N5S. The van der Waals surface area contributed by atoms with Crippen molar-refractivity contribution < 1.29 is 0 Å². The number of nitrogens with two attached hydrogens (primary N) is 1. The van der Waals surface area contributed by atoms with Crippen molar-refractivity contribution in [1.29, 1.82) is 0 Å². The van der Waals surface area contributed by atoms with Crippen molar-refractivity contribution in [2.75, 3.05) is 0 Å². The van der Waals surface area contributed by atoms with Gasteiger partial charge in [0.2, 0.25) is 0 Å². The third kappa shape index (κ3) is 1.49. The minimum absolute atomic E-state index is 0.450. The topological polar surface area (TPSA) is 61.1 Å². The molecule has 3 heterocycles. The predicted octanol–water partition coefficient (Wildman–Crippen LogP) is 1.66. The summed E-state index contributed by atoms with van der Waals surface area (Å²) in [4.78, 5) is 5.54. The SMILES string of the molecule is Cc1cc(C)n(-c2nc3sccn3c2CN)n1. The number of fused-ring (bicyclic) bond motifs is 1. The Morgan fingerprint density at radius 2 is 2.24 bits per heavy atom. The monoisotopic (exact) mass is 247 g/mol. The zero-order chi connectivity index (χ0) is 12.0. The number of imidazole rings is 1. The maximum Gasteiger partial charge on any atom is 0.196 e. The molecule has 2 N–H and O–H groups in total. The van der Waals surface area contributed by atoms with Gasteiger partial charge in [0.1, 0.15) is 0 Å². The van der Waals surface area contributed by atoms with E-state index in [1.54, 1.807) is 11.3 Å². The summed E-state index contributed by atoms with van der Waals surface area (Å²) in [5.74, 6) is 0.838. The van der Waals surface area contributed by atoms with Gasteiger partial charge in [-0.05, 0) is 19.9 Å². The second kappa shape index (κ2) is 3.68. The first kappa shape index (κ1) is 10.5. The van der Waals surface area contributed by atoms with Gasteiger partial charge < -0.3 is 5.73 Å². The van der Waals surface area contributed by atoms with Gasteiger partial charge in [-0.15, -0.1) is 11.3 Å². The Morgan fingerprint density at radius 1 is 1.41 bits per heavy atom. The molecule has 6 heteroatoms. The highest BCUT2D eigenvalue weighted by Gasteiger charge is 2.15. The van der Waals surface area contributed by atoms with E-state index in [0.717, 1.165) is 27.9 Å². The van der Waals surface area contributed by atoms with E-state index in [4.69, 9.17) is 5.73 Å². The quantitative estimate of drug-likeness (QED) is 0.749. The minimum atomic E-state index is 0.450. The molecular weight excluding hydrogens is 234 g/mol. The van der Waals surface area contributed by atoms with Gasteiger partial charge >= 0.3 is 0 Å². The van der Waals surface area contributed by atoms with Crippen LogP contribution in [0.3, 0.4) is 0 Å². The van der Waals surface area contributed by atoms with Gasteiger partial charge in [0.15, 0.2) is 10.8 Å². The van der Waals surface area contributed by atoms with Crippen LogP contribution in [0.25, 0.3) is 10.8 Å². The van der Waals surface area contributed by atoms with Crippen LogP contribution in [0.2, 0.25) is 0 Å². The van der Waals surface area contributed by atoms with Crippen molar-refractivity contribution in [3.05, 3.63) is 34.7 Å². The summed E-state index contributed by atoms with van der Waals surface area (Å²) in [6.07, 6.45) is 1.99. The average molecular weight is 247 g/mol. The molecule has 3 aromatic heterocycles. The van der Waals surface area contributed by atoms with Crippen LogP contribution in [0.4, 0.5) is 0 Å². The van der Waals surface area contributed by atoms with E-state index >= 15 is 0 Å². The number of aryl methyl sites for hydroxylation is 2. The standard InChI is InChI=1S/C11H13N5S/c1-7-5-8(2)16(14-7)10-9(6-12)15-3-4-17-11(15)13-10/h3-5H,6,12H2,1-2H3. The number of aromatic nitrogens is 4. The highest BCUT2D eigenvalue weighted by atomic mass is 32.1. The summed E-state index contributed by atoms with van der Waals surface area (Å²) in [6.45, 7) is 4.45. The van der Waals surface area contributed by atoms with Crippen molar-refractivity contribution in [2.45, 2.75) is 20.4 Å². The summed E-state index contributed by atoms with van der Waals surface area (Å²) in [5, 5.41) is 6.46. The Hall–Kier alpha value is -1.66.